The summed E-state index contributed by atoms with van der Waals surface area (Å²) in [4.78, 5) is 9.43. The van der Waals surface area contributed by atoms with Gasteiger partial charge in [0.05, 0.1) is 16.6 Å². The first kappa shape index (κ1) is 22.0. The molecule has 0 amide bonds. The highest BCUT2D eigenvalue weighted by Gasteiger charge is 2.18. The first-order valence-corrected chi connectivity index (χ1v) is 10.7. The number of aliphatic hydroxyl groups excluding tert-OH is 1. The molecule has 6 heteroatoms. The molecule has 160 valence electrons. The lowest BCUT2D eigenvalue weighted by atomic mass is 9.98. The van der Waals surface area contributed by atoms with Crippen LogP contribution in [-0.2, 0) is 0 Å². The zero-order valence-electron chi connectivity index (χ0n) is 17.9. The molecule has 2 heterocycles. The third-order valence-corrected chi connectivity index (χ3v) is 5.28. The Morgan fingerprint density at radius 1 is 1.03 bits per heavy atom. The molecule has 1 aliphatic rings. The number of ether oxygens (including phenoxy) is 1. The Labute approximate surface area is 178 Å². The number of benzene rings is 1. The van der Waals surface area contributed by atoms with Gasteiger partial charge >= 0.3 is 0 Å². The van der Waals surface area contributed by atoms with Crippen molar-refractivity contribution < 1.29 is 9.84 Å². The van der Waals surface area contributed by atoms with Crippen LogP contribution in [0.1, 0.15) is 32.1 Å². The Kier molecular flexibility index (Phi) is 8.41. The van der Waals surface area contributed by atoms with Gasteiger partial charge < -0.3 is 20.5 Å². The molecule has 0 radical (unpaired) electrons. The van der Waals surface area contributed by atoms with Crippen molar-refractivity contribution in [2.75, 3.05) is 32.6 Å². The average Bonchev–Trinajstić information content (AvgIpc) is 2.82. The fourth-order valence-corrected chi connectivity index (χ4v) is 3.71. The average molecular weight is 409 g/mol. The molecule has 4 rings (SSSR count). The largest absolute Gasteiger partial charge is 0.474 e. The topological polar surface area (TPSA) is 79.3 Å². The van der Waals surface area contributed by atoms with E-state index in [4.69, 9.17) is 14.8 Å². The van der Waals surface area contributed by atoms with Gasteiger partial charge in [0.2, 0.25) is 5.88 Å². The number of hydrogen-bond donors (Lipinski definition) is 3. The van der Waals surface area contributed by atoms with E-state index in [1.807, 2.05) is 31.4 Å². The van der Waals surface area contributed by atoms with Crippen LogP contribution in [0.25, 0.3) is 22.2 Å². The predicted octanol–water partition coefficient (Wildman–Crippen LogP) is 4.25. The van der Waals surface area contributed by atoms with Gasteiger partial charge in [0.25, 0.3) is 0 Å². The van der Waals surface area contributed by atoms with Crippen LogP contribution in [0.4, 0.5) is 5.69 Å². The zero-order chi connectivity index (χ0) is 21.2. The Morgan fingerprint density at radius 2 is 1.80 bits per heavy atom. The van der Waals surface area contributed by atoms with Crippen molar-refractivity contribution in [1.82, 2.24) is 15.3 Å². The van der Waals surface area contributed by atoms with Crippen molar-refractivity contribution in [3.05, 3.63) is 48.7 Å². The summed E-state index contributed by atoms with van der Waals surface area (Å²) < 4.78 is 6.35. The molecule has 1 saturated carbocycles. The standard InChI is InChI=1S/C23H28N4O.CH4O/c1-24-14-15-25-18-11-9-17(10-12-18)21-16-22-20(8-5-13-26-22)23(27-21)28-19-6-3-2-4-7-19;1-2/h5,8-13,16,19,24-25H,2-4,6-7,14-15H2,1H3;2H,1H3. The highest BCUT2D eigenvalue weighted by molar-refractivity contribution is 5.87. The molecule has 0 unspecified atom stereocenters. The summed E-state index contributed by atoms with van der Waals surface area (Å²) in [7, 11) is 2.96. The summed E-state index contributed by atoms with van der Waals surface area (Å²) in [5.41, 5.74) is 4.00. The number of nitrogens with zero attached hydrogens (tertiary/aromatic N) is 2. The quantitative estimate of drug-likeness (QED) is 0.507. The second-order valence-electron chi connectivity index (χ2n) is 7.37. The minimum Gasteiger partial charge on any atom is -0.474 e. The SMILES string of the molecule is CNCCNc1ccc(-c2cc3ncccc3c(OC3CCCCC3)n2)cc1.CO. The first-order chi connectivity index (χ1) is 14.8. The van der Waals surface area contributed by atoms with Crippen molar-refractivity contribution in [2.45, 2.75) is 38.2 Å². The maximum atomic E-state index is 7.00. The van der Waals surface area contributed by atoms with E-state index in [-0.39, 0.29) is 6.10 Å². The molecule has 1 aromatic carbocycles. The highest BCUT2D eigenvalue weighted by atomic mass is 16.5. The Morgan fingerprint density at radius 3 is 2.53 bits per heavy atom. The molecule has 3 aromatic rings. The van der Waals surface area contributed by atoms with Crippen molar-refractivity contribution in [3.63, 3.8) is 0 Å². The molecule has 1 aliphatic carbocycles. The lowest BCUT2D eigenvalue weighted by molar-refractivity contribution is 0.151. The van der Waals surface area contributed by atoms with Gasteiger partial charge in [0, 0.05) is 37.6 Å². The number of nitrogens with one attached hydrogen (secondary N) is 2. The second kappa shape index (κ2) is 11.5. The number of pyridine rings is 2. The number of fused-ring (bicyclic) bond motifs is 1. The number of aromatic nitrogens is 2. The van der Waals surface area contributed by atoms with Crippen LogP contribution in [-0.4, -0.2) is 48.4 Å². The Hall–Kier alpha value is -2.70. The van der Waals surface area contributed by atoms with E-state index in [1.54, 1.807) is 0 Å². The summed E-state index contributed by atoms with van der Waals surface area (Å²) >= 11 is 0. The van der Waals surface area contributed by atoms with E-state index < -0.39 is 0 Å². The van der Waals surface area contributed by atoms with Crippen LogP contribution in [0.15, 0.2) is 48.7 Å². The maximum absolute atomic E-state index is 7.00. The fourth-order valence-electron chi connectivity index (χ4n) is 3.71. The van der Waals surface area contributed by atoms with Gasteiger partial charge in [-0.3, -0.25) is 4.98 Å². The van der Waals surface area contributed by atoms with E-state index in [0.717, 1.165) is 60.9 Å². The van der Waals surface area contributed by atoms with Crippen molar-refractivity contribution in [2.24, 2.45) is 0 Å². The van der Waals surface area contributed by atoms with Crippen LogP contribution in [0.2, 0.25) is 0 Å². The molecule has 0 spiro atoms. The van der Waals surface area contributed by atoms with Gasteiger partial charge in [0.15, 0.2) is 0 Å². The van der Waals surface area contributed by atoms with Gasteiger partial charge in [-0.1, -0.05) is 18.6 Å². The van der Waals surface area contributed by atoms with Gasteiger partial charge in [-0.05, 0) is 63.1 Å². The van der Waals surface area contributed by atoms with Gasteiger partial charge in [-0.2, -0.15) is 0 Å². The molecule has 0 aliphatic heterocycles. The fraction of sp³-hybridized carbons (Fsp3) is 0.417. The van der Waals surface area contributed by atoms with Crippen LogP contribution >= 0.6 is 0 Å². The monoisotopic (exact) mass is 408 g/mol. The Balaban J connectivity index is 0.00000124. The third kappa shape index (κ3) is 5.68. The number of aliphatic hydroxyl groups is 1. The highest BCUT2D eigenvalue weighted by Crippen LogP contribution is 2.31. The maximum Gasteiger partial charge on any atom is 0.223 e. The molecule has 30 heavy (non-hydrogen) atoms. The molecule has 1 fully saturated rings. The first-order valence-electron chi connectivity index (χ1n) is 10.7. The molecular weight excluding hydrogens is 376 g/mol. The second-order valence-corrected chi connectivity index (χ2v) is 7.37. The van der Waals surface area contributed by atoms with Gasteiger partial charge in [0.1, 0.15) is 6.10 Å². The molecule has 0 saturated heterocycles. The van der Waals surface area contributed by atoms with Crippen LogP contribution in [0.3, 0.4) is 0 Å². The molecule has 3 N–H and O–H groups in total. The van der Waals surface area contributed by atoms with Crippen LogP contribution in [0, 0.1) is 0 Å². The number of rotatable bonds is 7. The number of anilines is 1. The summed E-state index contributed by atoms with van der Waals surface area (Å²) in [6.45, 7) is 1.83. The molecule has 0 bridgehead atoms. The van der Waals surface area contributed by atoms with E-state index in [1.165, 1.54) is 19.3 Å². The molecular formula is C24H32N4O2. The lowest BCUT2D eigenvalue weighted by Crippen LogP contribution is -2.20. The van der Waals surface area contributed by atoms with Crippen molar-refractivity contribution >= 4 is 16.6 Å². The van der Waals surface area contributed by atoms with E-state index >= 15 is 0 Å². The third-order valence-electron chi connectivity index (χ3n) is 5.28. The normalized spacial score (nSPS) is 14.1. The number of likely N-dealkylation sites (N-methyl/N-ethyl adjacent to an activating group) is 1. The van der Waals surface area contributed by atoms with E-state index in [9.17, 15) is 0 Å². The Bertz CT molecular complexity index is 909. The zero-order valence-corrected chi connectivity index (χ0v) is 17.9. The smallest absolute Gasteiger partial charge is 0.223 e. The van der Waals surface area contributed by atoms with Crippen molar-refractivity contribution in [3.8, 4) is 17.1 Å². The molecule has 6 nitrogen and oxygen atoms in total. The summed E-state index contributed by atoms with van der Waals surface area (Å²) in [6, 6.07) is 14.4. The lowest BCUT2D eigenvalue weighted by Gasteiger charge is -2.23. The van der Waals surface area contributed by atoms with E-state index in [2.05, 4.69) is 39.9 Å². The van der Waals surface area contributed by atoms with Gasteiger partial charge in [-0.15, -0.1) is 0 Å². The van der Waals surface area contributed by atoms with Crippen molar-refractivity contribution in [1.29, 1.82) is 0 Å². The van der Waals surface area contributed by atoms with Crippen LogP contribution in [0.5, 0.6) is 5.88 Å². The molecule has 2 aromatic heterocycles. The predicted molar refractivity (Wildman–Crippen MR) is 123 cm³/mol. The van der Waals surface area contributed by atoms with Gasteiger partial charge in [-0.25, -0.2) is 4.98 Å². The summed E-state index contributed by atoms with van der Waals surface area (Å²) in [6.07, 6.45) is 8.10. The summed E-state index contributed by atoms with van der Waals surface area (Å²) in [5, 5.41) is 14.5. The summed E-state index contributed by atoms with van der Waals surface area (Å²) in [5.74, 6) is 0.712. The molecule has 0 atom stereocenters. The van der Waals surface area contributed by atoms with Crippen LogP contribution < -0.4 is 15.4 Å². The minimum atomic E-state index is 0.263. The minimum absolute atomic E-state index is 0.263. The van der Waals surface area contributed by atoms with E-state index in [0.29, 0.717) is 5.88 Å². The number of hydrogen-bond acceptors (Lipinski definition) is 6.